The summed E-state index contributed by atoms with van der Waals surface area (Å²) in [5, 5.41) is 9.11. The molecule has 0 spiro atoms. The van der Waals surface area contributed by atoms with Gasteiger partial charge in [-0.15, -0.1) is 0 Å². The molecule has 0 aromatic heterocycles. The molecule has 0 fully saturated rings. The van der Waals surface area contributed by atoms with E-state index in [0.29, 0.717) is 5.75 Å². The minimum absolute atomic E-state index is 0.0898. The van der Waals surface area contributed by atoms with E-state index in [4.69, 9.17) is 14.6 Å². The van der Waals surface area contributed by atoms with Crippen molar-refractivity contribution >= 4 is 5.97 Å². The molecular weight excluding hydrogens is 196 g/mol. The van der Waals surface area contributed by atoms with Crippen molar-refractivity contribution in [3.63, 3.8) is 0 Å². The number of hydrogen-bond donors (Lipinski definition) is 1. The number of carbonyl (C=O) groups excluding carboxylic acids is 1. The molecule has 15 heavy (non-hydrogen) atoms. The van der Waals surface area contributed by atoms with E-state index >= 15 is 0 Å². The van der Waals surface area contributed by atoms with Gasteiger partial charge in [-0.25, -0.2) is 4.79 Å². The molecule has 1 aromatic rings. The highest BCUT2D eigenvalue weighted by Crippen LogP contribution is 2.17. The number of aromatic hydroxyl groups is 1. The third-order valence-corrected chi connectivity index (χ3v) is 1.54. The van der Waals surface area contributed by atoms with Crippen LogP contribution in [-0.2, 0) is 9.53 Å². The smallest absolute Gasteiger partial charge is 0.344 e. The van der Waals surface area contributed by atoms with Gasteiger partial charge in [0.1, 0.15) is 18.1 Å². The van der Waals surface area contributed by atoms with Crippen LogP contribution in [0.4, 0.5) is 0 Å². The Morgan fingerprint density at radius 2 is 2.33 bits per heavy atom. The van der Waals surface area contributed by atoms with Crippen molar-refractivity contribution in [1.82, 2.24) is 0 Å². The summed E-state index contributed by atoms with van der Waals surface area (Å²) in [6.07, 6.45) is 1.48. The van der Waals surface area contributed by atoms with Crippen molar-refractivity contribution in [2.75, 3.05) is 13.2 Å². The first kappa shape index (κ1) is 11.1. The van der Waals surface area contributed by atoms with Crippen LogP contribution >= 0.6 is 0 Å². The summed E-state index contributed by atoms with van der Waals surface area (Å²) in [5.74, 6) is 0.0377. The van der Waals surface area contributed by atoms with Gasteiger partial charge in [0, 0.05) is 6.07 Å². The molecule has 1 rings (SSSR count). The van der Waals surface area contributed by atoms with Gasteiger partial charge < -0.3 is 14.6 Å². The topological polar surface area (TPSA) is 55.8 Å². The summed E-state index contributed by atoms with van der Waals surface area (Å²) in [4.78, 5) is 11.0. The number of rotatable bonds is 5. The van der Waals surface area contributed by atoms with Crippen LogP contribution in [0.25, 0.3) is 0 Å². The molecule has 0 amide bonds. The minimum atomic E-state index is -0.474. The molecule has 0 saturated heterocycles. The summed E-state index contributed by atoms with van der Waals surface area (Å²) in [6.45, 7) is 3.40. The van der Waals surface area contributed by atoms with E-state index in [2.05, 4.69) is 6.58 Å². The zero-order chi connectivity index (χ0) is 11.1. The third kappa shape index (κ3) is 4.17. The molecule has 0 heterocycles. The standard InChI is InChI=1S/C11H12O4/c1-2-6-14-11(13)8-15-10-5-3-4-9(12)7-10/h2-5,7,12H,1,6,8H2. The molecular formula is C11H12O4. The Morgan fingerprint density at radius 1 is 1.53 bits per heavy atom. The summed E-state index contributed by atoms with van der Waals surface area (Å²) < 4.78 is 9.78. The first-order valence-electron chi connectivity index (χ1n) is 4.40. The predicted octanol–water partition coefficient (Wildman–Crippen LogP) is 1.50. The second-order valence-electron chi connectivity index (χ2n) is 2.76. The lowest BCUT2D eigenvalue weighted by molar-refractivity contribution is -0.144. The molecule has 4 heteroatoms. The lowest BCUT2D eigenvalue weighted by atomic mass is 10.3. The van der Waals surface area contributed by atoms with Crippen molar-refractivity contribution < 1.29 is 19.4 Å². The molecule has 0 atom stereocenters. The van der Waals surface area contributed by atoms with E-state index < -0.39 is 5.97 Å². The molecule has 4 nitrogen and oxygen atoms in total. The molecule has 0 saturated carbocycles. The van der Waals surface area contributed by atoms with Crippen molar-refractivity contribution in [1.29, 1.82) is 0 Å². The van der Waals surface area contributed by atoms with Gasteiger partial charge in [0.2, 0.25) is 0 Å². The Balaban J connectivity index is 2.36. The third-order valence-electron chi connectivity index (χ3n) is 1.54. The Labute approximate surface area is 87.7 Å². The maximum atomic E-state index is 11.0. The number of esters is 1. The molecule has 0 aliphatic carbocycles. The molecule has 0 aliphatic rings. The van der Waals surface area contributed by atoms with E-state index in [0.717, 1.165) is 0 Å². The fourth-order valence-corrected chi connectivity index (χ4v) is 0.909. The van der Waals surface area contributed by atoms with Gasteiger partial charge in [0.25, 0.3) is 0 Å². The highest BCUT2D eigenvalue weighted by molar-refractivity contribution is 5.71. The zero-order valence-corrected chi connectivity index (χ0v) is 8.18. The summed E-state index contributed by atoms with van der Waals surface area (Å²) in [7, 11) is 0. The van der Waals surface area contributed by atoms with E-state index in [1.54, 1.807) is 12.1 Å². The van der Waals surface area contributed by atoms with Gasteiger partial charge in [-0.05, 0) is 12.1 Å². The second-order valence-corrected chi connectivity index (χ2v) is 2.76. The van der Waals surface area contributed by atoms with E-state index in [1.165, 1.54) is 18.2 Å². The van der Waals surface area contributed by atoms with Crippen LogP contribution in [0.15, 0.2) is 36.9 Å². The Morgan fingerprint density at radius 3 is 3.00 bits per heavy atom. The van der Waals surface area contributed by atoms with Gasteiger partial charge in [-0.3, -0.25) is 0 Å². The zero-order valence-electron chi connectivity index (χ0n) is 8.18. The lowest BCUT2D eigenvalue weighted by Crippen LogP contribution is -2.14. The van der Waals surface area contributed by atoms with Gasteiger partial charge in [0.05, 0.1) is 0 Å². The molecule has 1 aromatic carbocycles. The average Bonchev–Trinajstić information content (AvgIpc) is 2.23. The van der Waals surface area contributed by atoms with Crippen LogP contribution in [0, 0.1) is 0 Å². The van der Waals surface area contributed by atoms with Crippen molar-refractivity contribution in [2.45, 2.75) is 0 Å². The van der Waals surface area contributed by atoms with Crippen molar-refractivity contribution in [2.24, 2.45) is 0 Å². The maximum Gasteiger partial charge on any atom is 0.344 e. The van der Waals surface area contributed by atoms with Crippen LogP contribution in [0.1, 0.15) is 0 Å². The summed E-state index contributed by atoms with van der Waals surface area (Å²) >= 11 is 0. The van der Waals surface area contributed by atoms with Crippen LogP contribution in [0.3, 0.4) is 0 Å². The van der Waals surface area contributed by atoms with Crippen LogP contribution in [0.2, 0.25) is 0 Å². The summed E-state index contributed by atoms with van der Waals surface area (Å²) in [5.41, 5.74) is 0. The molecule has 0 bridgehead atoms. The maximum absolute atomic E-state index is 11.0. The second kappa shape index (κ2) is 5.70. The SMILES string of the molecule is C=CCOC(=O)COc1cccc(O)c1. The lowest BCUT2D eigenvalue weighted by Gasteiger charge is -2.05. The molecule has 0 aliphatic heterocycles. The fraction of sp³-hybridized carbons (Fsp3) is 0.182. The van der Waals surface area contributed by atoms with Crippen LogP contribution in [-0.4, -0.2) is 24.3 Å². The van der Waals surface area contributed by atoms with Gasteiger partial charge in [-0.2, -0.15) is 0 Å². The Bertz CT molecular complexity index is 346. The van der Waals surface area contributed by atoms with E-state index in [1.807, 2.05) is 0 Å². The van der Waals surface area contributed by atoms with Gasteiger partial charge in [-0.1, -0.05) is 18.7 Å². The highest BCUT2D eigenvalue weighted by atomic mass is 16.6. The number of hydrogen-bond acceptors (Lipinski definition) is 4. The molecule has 0 unspecified atom stereocenters. The largest absolute Gasteiger partial charge is 0.508 e. The number of carbonyl (C=O) groups is 1. The van der Waals surface area contributed by atoms with Crippen LogP contribution < -0.4 is 4.74 Å². The fourth-order valence-electron chi connectivity index (χ4n) is 0.909. The first-order valence-corrected chi connectivity index (χ1v) is 4.40. The van der Waals surface area contributed by atoms with Crippen molar-refractivity contribution in [3.05, 3.63) is 36.9 Å². The van der Waals surface area contributed by atoms with Crippen LogP contribution in [0.5, 0.6) is 11.5 Å². The quantitative estimate of drug-likeness (QED) is 0.588. The number of phenolic OH excluding ortho intramolecular Hbond substituents is 1. The molecule has 0 radical (unpaired) electrons. The van der Waals surface area contributed by atoms with E-state index in [9.17, 15) is 4.79 Å². The first-order chi connectivity index (χ1) is 7.22. The average molecular weight is 208 g/mol. The van der Waals surface area contributed by atoms with Gasteiger partial charge in [0.15, 0.2) is 6.61 Å². The number of phenols is 1. The Hall–Kier alpha value is -1.97. The summed E-state index contributed by atoms with van der Waals surface area (Å²) in [6, 6.07) is 6.20. The molecule has 80 valence electrons. The Kier molecular flexibility index (Phi) is 4.22. The van der Waals surface area contributed by atoms with Gasteiger partial charge >= 0.3 is 5.97 Å². The van der Waals surface area contributed by atoms with E-state index in [-0.39, 0.29) is 19.0 Å². The highest BCUT2D eigenvalue weighted by Gasteiger charge is 2.03. The number of ether oxygens (including phenoxy) is 2. The molecule has 1 N–H and O–H groups in total. The normalized spacial score (nSPS) is 9.33. The number of benzene rings is 1. The van der Waals surface area contributed by atoms with Crippen molar-refractivity contribution in [3.8, 4) is 11.5 Å². The predicted molar refractivity (Wildman–Crippen MR) is 54.8 cm³/mol. The minimum Gasteiger partial charge on any atom is -0.508 e. The monoisotopic (exact) mass is 208 g/mol.